The Morgan fingerprint density at radius 3 is 2.30 bits per heavy atom. The average molecular weight is 592 g/mol. The molecule has 6 nitrogen and oxygen atoms in total. The van der Waals surface area contributed by atoms with Gasteiger partial charge in [-0.2, -0.15) is 0 Å². The van der Waals surface area contributed by atoms with E-state index in [4.69, 9.17) is 4.74 Å². The SMILES string of the molecule is CCOCCCN(CC(=O)N(Cc1ccccc1)Cc1cccn1Cc1ccc(F)cc1)C(=O)c1ccc2ccccc2c1. The summed E-state index contributed by atoms with van der Waals surface area (Å²) in [5.41, 5.74) is 3.46. The van der Waals surface area contributed by atoms with Gasteiger partial charge in [-0.05, 0) is 71.6 Å². The first-order chi connectivity index (χ1) is 21.5. The normalized spacial score (nSPS) is 11.0. The molecule has 0 unspecified atom stereocenters. The van der Waals surface area contributed by atoms with Crippen LogP contribution in [0.15, 0.2) is 115 Å². The van der Waals surface area contributed by atoms with Crippen LogP contribution < -0.4 is 0 Å². The largest absolute Gasteiger partial charge is 0.382 e. The van der Waals surface area contributed by atoms with E-state index in [0.29, 0.717) is 51.4 Å². The van der Waals surface area contributed by atoms with Crippen LogP contribution in [0.3, 0.4) is 0 Å². The molecule has 0 aliphatic rings. The minimum Gasteiger partial charge on any atom is -0.382 e. The van der Waals surface area contributed by atoms with Gasteiger partial charge in [0.05, 0.1) is 6.54 Å². The van der Waals surface area contributed by atoms with E-state index in [1.54, 1.807) is 21.9 Å². The number of amides is 2. The lowest BCUT2D eigenvalue weighted by Gasteiger charge is -2.28. The highest BCUT2D eigenvalue weighted by Gasteiger charge is 2.24. The number of rotatable bonds is 14. The van der Waals surface area contributed by atoms with Crippen LogP contribution in [0.25, 0.3) is 10.8 Å². The van der Waals surface area contributed by atoms with Gasteiger partial charge in [0.2, 0.25) is 5.91 Å². The zero-order valence-corrected chi connectivity index (χ0v) is 25.1. The minimum atomic E-state index is -0.273. The molecule has 0 spiro atoms. The number of ether oxygens (including phenoxy) is 1. The molecule has 1 heterocycles. The molecule has 0 saturated heterocycles. The van der Waals surface area contributed by atoms with Crippen molar-refractivity contribution in [1.29, 1.82) is 0 Å². The highest BCUT2D eigenvalue weighted by atomic mass is 19.1. The molecule has 5 rings (SSSR count). The second-order valence-electron chi connectivity index (χ2n) is 10.8. The monoisotopic (exact) mass is 591 g/mol. The van der Waals surface area contributed by atoms with E-state index in [1.807, 2.05) is 98.0 Å². The lowest BCUT2D eigenvalue weighted by atomic mass is 10.1. The summed E-state index contributed by atoms with van der Waals surface area (Å²) in [5.74, 6) is -0.598. The number of carbonyl (C=O) groups excluding carboxylic acids is 2. The summed E-state index contributed by atoms with van der Waals surface area (Å²) in [6.07, 6.45) is 2.59. The number of fused-ring (bicyclic) bond motifs is 1. The van der Waals surface area contributed by atoms with Crippen molar-refractivity contribution in [3.05, 3.63) is 144 Å². The van der Waals surface area contributed by atoms with E-state index in [9.17, 15) is 14.0 Å². The maximum Gasteiger partial charge on any atom is 0.254 e. The van der Waals surface area contributed by atoms with Crippen LogP contribution in [0.2, 0.25) is 0 Å². The third-order valence-electron chi connectivity index (χ3n) is 7.64. The molecule has 5 aromatic rings. The Labute approximate surface area is 258 Å². The molecule has 44 heavy (non-hydrogen) atoms. The minimum absolute atomic E-state index is 0.0523. The number of carbonyl (C=O) groups is 2. The van der Waals surface area contributed by atoms with E-state index in [2.05, 4.69) is 4.57 Å². The molecular formula is C37H38FN3O3. The number of benzene rings is 4. The third kappa shape index (κ3) is 8.20. The van der Waals surface area contributed by atoms with Crippen LogP contribution in [0, 0.1) is 5.82 Å². The first kappa shape index (κ1) is 30.7. The first-order valence-corrected chi connectivity index (χ1v) is 15.1. The Morgan fingerprint density at radius 1 is 0.773 bits per heavy atom. The lowest BCUT2D eigenvalue weighted by molar-refractivity contribution is -0.133. The van der Waals surface area contributed by atoms with E-state index >= 15 is 0 Å². The molecule has 1 aromatic heterocycles. The zero-order chi connectivity index (χ0) is 30.7. The van der Waals surface area contributed by atoms with Gasteiger partial charge in [0.1, 0.15) is 12.4 Å². The summed E-state index contributed by atoms with van der Waals surface area (Å²) in [7, 11) is 0. The summed E-state index contributed by atoms with van der Waals surface area (Å²) in [6, 6.07) is 33.8. The molecule has 0 bridgehead atoms. The van der Waals surface area contributed by atoms with E-state index in [-0.39, 0.29) is 24.2 Å². The average Bonchev–Trinajstić information content (AvgIpc) is 3.49. The quantitative estimate of drug-likeness (QED) is 0.132. The van der Waals surface area contributed by atoms with E-state index < -0.39 is 0 Å². The molecule has 0 radical (unpaired) electrons. The Morgan fingerprint density at radius 2 is 1.52 bits per heavy atom. The van der Waals surface area contributed by atoms with Crippen molar-refractivity contribution in [1.82, 2.24) is 14.4 Å². The van der Waals surface area contributed by atoms with Crippen molar-refractivity contribution >= 4 is 22.6 Å². The molecule has 4 aromatic carbocycles. The maximum atomic E-state index is 14.1. The van der Waals surface area contributed by atoms with Crippen LogP contribution >= 0.6 is 0 Å². The van der Waals surface area contributed by atoms with Gasteiger partial charge in [-0.25, -0.2) is 4.39 Å². The van der Waals surface area contributed by atoms with E-state index in [1.165, 1.54) is 12.1 Å². The number of halogens is 1. The van der Waals surface area contributed by atoms with Gasteiger partial charge in [-0.15, -0.1) is 0 Å². The van der Waals surface area contributed by atoms with Gasteiger partial charge < -0.3 is 19.1 Å². The third-order valence-corrected chi connectivity index (χ3v) is 7.64. The Hall–Kier alpha value is -4.75. The van der Waals surface area contributed by atoms with Crippen LogP contribution in [0.1, 0.15) is 40.5 Å². The fraction of sp³-hybridized carbons (Fsp3) is 0.243. The number of nitrogens with zero attached hydrogens (tertiary/aromatic N) is 3. The Bertz CT molecular complexity index is 1670. The summed E-state index contributed by atoms with van der Waals surface area (Å²) < 4.78 is 21.1. The first-order valence-electron chi connectivity index (χ1n) is 15.1. The van der Waals surface area contributed by atoms with Gasteiger partial charge in [-0.3, -0.25) is 9.59 Å². The second kappa shape index (κ2) is 15.1. The van der Waals surface area contributed by atoms with Crippen molar-refractivity contribution < 1.29 is 18.7 Å². The molecule has 0 saturated carbocycles. The van der Waals surface area contributed by atoms with Gasteiger partial charge >= 0.3 is 0 Å². The standard InChI is InChI=1S/C37H38FN3O3/c1-2-44-23-9-22-40(37(43)33-18-17-31-12-6-7-13-32(31)24-33)28-36(42)41(26-29-10-4-3-5-11-29)27-35-14-8-21-39(35)25-30-15-19-34(38)20-16-30/h3-8,10-21,24H,2,9,22-23,25-28H2,1H3. The van der Waals surface area contributed by atoms with Crippen LogP contribution in [-0.4, -0.2) is 52.5 Å². The molecule has 0 atom stereocenters. The predicted octanol–water partition coefficient (Wildman–Crippen LogP) is 6.93. The maximum absolute atomic E-state index is 14.1. The highest BCUT2D eigenvalue weighted by molar-refractivity contribution is 6.00. The van der Waals surface area contributed by atoms with Gasteiger partial charge in [0, 0.05) is 50.3 Å². The van der Waals surface area contributed by atoms with E-state index in [0.717, 1.165) is 27.6 Å². The number of hydrogen-bond acceptors (Lipinski definition) is 3. The number of aromatic nitrogens is 1. The van der Waals surface area contributed by atoms with Crippen LogP contribution in [0.5, 0.6) is 0 Å². The molecule has 0 aliphatic heterocycles. The van der Waals surface area contributed by atoms with Crippen LogP contribution in [-0.2, 0) is 29.2 Å². The summed E-state index contributed by atoms with van der Waals surface area (Å²) in [4.78, 5) is 31.4. The van der Waals surface area contributed by atoms with Gasteiger partial charge in [-0.1, -0.05) is 72.8 Å². The molecule has 0 aliphatic carbocycles. The lowest BCUT2D eigenvalue weighted by Crippen LogP contribution is -2.43. The second-order valence-corrected chi connectivity index (χ2v) is 10.8. The summed E-state index contributed by atoms with van der Waals surface area (Å²) in [6.45, 7) is 4.71. The van der Waals surface area contributed by atoms with Crippen molar-refractivity contribution in [3.63, 3.8) is 0 Å². The molecule has 0 fully saturated rings. The molecular weight excluding hydrogens is 553 g/mol. The summed E-state index contributed by atoms with van der Waals surface area (Å²) >= 11 is 0. The fourth-order valence-electron chi connectivity index (χ4n) is 5.29. The Kier molecular flexibility index (Phi) is 10.5. The topological polar surface area (TPSA) is 54.8 Å². The van der Waals surface area contributed by atoms with Crippen LogP contribution in [0.4, 0.5) is 4.39 Å². The van der Waals surface area contributed by atoms with Crippen molar-refractivity contribution in [2.24, 2.45) is 0 Å². The smallest absolute Gasteiger partial charge is 0.254 e. The van der Waals surface area contributed by atoms with Crippen molar-refractivity contribution in [3.8, 4) is 0 Å². The van der Waals surface area contributed by atoms with Crippen molar-refractivity contribution in [2.75, 3.05) is 26.3 Å². The van der Waals surface area contributed by atoms with Crippen molar-refractivity contribution in [2.45, 2.75) is 33.0 Å². The molecule has 226 valence electrons. The molecule has 0 N–H and O–H groups in total. The van der Waals surface area contributed by atoms with Gasteiger partial charge in [0.15, 0.2) is 0 Å². The molecule has 7 heteroatoms. The van der Waals surface area contributed by atoms with Gasteiger partial charge in [0.25, 0.3) is 5.91 Å². The zero-order valence-electron chi connectivity index (χ0n) is 25.1. The number of hydrogen-bond donors (Lipinski definition) is 0. The highest BCUT2D eigenvalue weighted by Crippen LogP contribution is 2.19. The fourth-order valence-corrected chi connectivity index (χ4v) is 5.29. The molecule has 2 amide bonds. The summed E-state index contributed by atoms with van der Waals surface area (Å²) in [5, 5.41) is 2.03. The predicted molar refractivity (Wildman–Crippen MR) is 172 cm³/mol. The Balaban J connectivity index is 1.38.